The molecule has 14 heteroatoms. The molecule has 3 aliphatic heterocycles. The van der Waals surface area contributed by atoms with E-state index < -0.39 is 48.1 Å². The number of alkyl halides is 2. The van der Waals surface area contributed by atoms with Crippen LogP contribution < -0.4 is 10.0 Å². The number of rotatable bonds is 2. The molecule has 0 saturated carbocycles. The summed E-state index contributed by atoms with van der Waals surface area (Å²) in [5.74, 6) is -5.35. The molecule has 37 heavy (non-hydrogen) atoms. The van der Waals surface area contributed by atoms with E-state index in [0.29, 0.717) is 26.8 Å². The van der Waals surface area contributed by atoms with Crippen LogP contribution >= 0.6 is 11.8 Å². The van der Waals surface area contributed by atoms with Crippen LogP contribution in [0, 0.1) is 18.7 Å². The summed E-state index contributed by atoms with van der Waals surface area (Å²) in [6.45, 7) is 0.357. The number of carbonyl (C=O) groups is 3. The van der Waals surface area contributed by atoms with Gasteiger partial charge >= 0.3 is 11.8 Å². The van der Waals surface area contributed by atoms with Gasteiger partial charge in [-0.3, -0.25) is 14.4 Å². The largest absolute Gasteiger partial charge is 0.593 e. The monoisotopic (exact) mass is 555 g/mol. The fourth-order valence-corrected chi connectivity index (χ4v) is 7.56. The van der Waals surface area contributed by atoms with Gasteiger partial charge in [0.25, 0.3) is 11.8 Å². The van der Waals surface area contributed by atoms with Gasteiger partial charge in [-0.15, -0.1) is 16.5 Å². The topological polar surface area (TPSA) is 110 Å². The summed E-state index contributed by atoms with van der Waals surface area (Å²) in [4.78, 5) is 41.2. The van der Waals surface area contributed by atoms with Crippen LogP contribution in [0.5, 0.6) is 0 Å². The highest BCUT2D eigenvalue weighted by molar-refractivity contribution is 8.00. The first-order valence-electron chi connectivity index (χ1n) is 11.5. The molecular weight excluding hydrogens is 531 g/mol. The first kappa shape index (κ1) is 25.9. The molecule has 5 rings (SSSR count). The Kier molecular flexibility index (Phi) is 6.71. The van der Waals surface area contributed by atoms with Crippen molar-refractivity contribution in [1.29, 1.82) is 0 Å². The molecule has 2 aromatic rings. The van der Waals surface area contributed by atoms with Crippen molar-refractivity contribution < 1.29 is 32.1 Å². The van der Waals surface area contributed by atoms with Crippen molar-refractivity contribution in [2.24, 2.45) is 13.0 Å². The summed E-state index contributed by atoms with van der Waals surface area (Å²) < 4.78 is 57.7. The van der Waals surface area contributed by atoms with Crippen molar-refractivity contribution in [3.63, 3.8) is 0 Å². The van der Waals surface area contributed by atoms with E-state index >= 15 is 0 Å². The lowest BCUT2D eigenvalue weighted by molar-refractivity contribution is -0.173. The van der Waals surface area contributed by atoms with Gasteiger partial charge in [-0.25, -0.2) is 13.2 Å². The third-order valence-electron chi connectivity index (χ3n) is 6.68. The van der Waals surface area contributed by atoms with Gasteiger partial charge in [-0.2, -0.15) is 0 Å². The predicted octanol–water partition coefficient (Wildman–Crippen LogP) is 1.75. The van der Waals surface area contributed by atoms with Crippen LogP contribution in [0.1, 0.15) is 16.1 Å². The van der Waals surface area contributed by atoms with Crippen molar-refractivity contribution in [1.82, 2.24) is 19.1 Å². The smallest absolute Gasteiger partial charge is 0.312 e. The molecule has 2 N–H and O–H groups in total. The van der Waals surface area contributed by atoms with Crippen LogP contribution in [-0.4, -0.2) is 80.5 Å². The zero-order valence-electron chi connectivity index (χ0n) is 19.9. The van der Waals surface area contributed by atoms with Crippen molar-refractivity contribution in [3.8, 4) is 0 Å². The molecule has 3 amide bonds. The number of likely N-dealkylation sites (tertiary alicyclic amines) is 2. The second kappa shape index (κ2) is 9.57. The van der Waals surface area contributed by atoms with Gasteiger partial charge in [-0.05, 0) is 30.7 Å². The number of amides is 3. The van der Waals surface area contributed by atoms with E-state index in [1.807, 2.05) is 0 Å². The Labute approximate surface area is 218 Å². The van der Waals surface area contributed by atoms with Crippen LogP contribution in [0.4, 0.5) is 18.9 Å². The number of hydrogen-bond donors (Lipinski definition) is 2. The molecule has 3 unspecified atom stereocenters. The molecule has 2 saturated heterocycles. The SMILES string of the molecule is Cc1cc(NC(=O)c2c3c(cn2C)[S+]([O-])NC2CN(C(=O)C(=O)N4CC(F)(F)C4)CC2CS3)ccc1F. The van der Waals surface area contributed by atoms with E-state index in [1.165, 1.54) is 34.9 Å². The van der Waals surface area contributed by atoms with Crippen molar-refractivity contribution >= 4 is 46.5 Å². The lowest BCUT2D eigenvalue weighted by Crippen LogP contribution is -2.61. The van der Waals surface area contributed by atoms with E-state index in [1.54, 1.807) is 24.7 Å². The summed E-state index contributed by atoms with van der Waals surface area (Å²) in [7, 11) is 1.67. The van der Waals surface area contributed by atoms with Gasteiger partial charge in [0.1, 0.15) is 11.5 Å². The normalized spacial score (nSPS) is 24.4. The second-order valence-electron chi connectivity index (χ2n) is 9.49. The standard InChI is InChI=1S/C23H24F3N5O4S2/c1-12-5-14(3-4-15(12)24)27-20(32)18-19-17(8-29(18)2)37(35)28-16-7-30(6-13(16)9-36-19)21(33)22(34)31-10-23(25,26)11-31/h3-5,8,13,16,28H,6-7,9-11H2,1-2H3,(H,27,32). The molecule has 0 spiro atoms. The quantitative estimate of drug-likeness (QED) is 0.432. The molecule has 198 valence electrons. The average molecular weight is 556 g/mol. The minimum atomic E-state index is -2.97. The number of hydrogen-bond acceptors (Lipinski definition) is 6. The molecule has 4 heterocycles. The molecule has 2 fully saturated rings. The number of carbonyl (C=O) groups excluding carboxylic acids is 3. The van der Waals surface area contributed by atoms with Gasteiger partial charge in [0.15, 0.2) is 0 Å². The summed E-state index contributed by atoms with van der Waals surface area (Å²) in [6.07, 6.45) is 1.60. The maximum Gasteiger partial charge on any atom is 0.312 e. The molecule has 3 atom stereocenters. The van der Waals surface area contributed by atoms with Gasteiger partial charge in [0, 0.05) is 37.5 Å². The Bertz CT molecular complexity index is 1280. The summed E-state index contributed by atoms with van der Waals surface area (Å²) in [5, 5.41) is 2.75. The summed E-state index contributed by atoms with van der Waals surface area (Å²) in [5.41, 5.74) is 1.09. The van der Waals surface area contributed by atoms with E-state index in [9.17, 15) is 32.1 Å². The van der Waals surface area contributed by atoms with Crippen molar-refractivity contribution in [3.05, 3.63) is 41.5 Å². The summed E-state index contributed by atoms with van der Waals surface area (Å²) >= 11 is -0.384. The number of nitrogens with zero attached hydrogens (tertiary/aromatic N) is 3. The van der Waals surface area contributed by atoms with Gasteiger partial charge in [-0.1, -0.05) is 0 Å². The van der Waals surface area contributed by atoms with Crippen LogP contribution in [0.15, 0.2) is 34.2 Å². The van der Waals surface area contributed by atoms with E-state index in [-0.39, 0.29) is 36.6 Å². The Morgan fingerprint density at radius 3 is 2.57 bits per heavy atom. The molecule has 9 nitrogen and oxygen atoms in total. The molecular formula is C23H24F3N5O4S2. The highest BCUT2D eigenvalue weighted by Gasteiger charge is 2.50. The molecule has 1 aromatic carbocycles. The third-order valence-corrected chi connectivity index (χ3v) is 9.33. The van der Waals surface area contributed by atoms with Gasteiger partial charge < -0.3 is 24.2 Å². The van der Waals surface area contributed by atoms with E-state index in [2.05, 4.69) is 10.0 Å². The fourth-order valence-electron chi connectivity index (χ4n) is 4.68. The van der Waals surface area contributed by atoms with Crippen LogP contribution in [0.3, 0.4) is 0 Å². The number of fused-ring (bicyclic) bond motifs is 2. The first-order valence-corrected chi connectivity index (χ1v) is 13.6. The lowest BCUT2D eigenvalue weighted by Gasteiger charge is -2.38. The second-order valence-corrected chi connectivity index (χ2v) is 11.7. The number of nitrogens with one attached hydrogen (secondary N) is 2. The number of anilines is 1. The van der Waals surface area contributed by atoms with Gasteiger partial charge in [0.2, 0.25) is 4.90 Å². The minimum Gasteiger partial charge on any atom is -0.593 e. The minimum absolute atomic E-state index is 0.116. The van der Waals surface area contributed by atoms with Crippen LogP contribution in [0.25, 0.3) is 0 Å². The molecule has 0 bridgehead atoms. The highest BCUT2D eigenvalue weighted by atomic mass is 32.2. The lowest BCUT2D eigenvalue weighted by atomic mass is 10.1. The van der Waals surface area contributed by atoms with Crippen LogP contribution in [0.2, 0.25) is 0 Å². The molecule has 0 radical (unpaired) electrons. The van der Waals surface area contributed by atoms with Crippen molar-refractivity contribution in [2.45, 2.75) is 28.7 Å². The molecule has 1 aromatic heterocycles. The number of aromatic nitrogens is 1. The number of benzene rings is 1. The Morgan fingerprint density at radius 1 is 1.19 bits per heavy atom. The molecule has 0 aliphatic carbocycles. The third kappa shape index (κ3) is 4.94. The van der Waals surface area contributed by atoms with E-state index in [0.717, 1.165) is 4.90 Å². The van der Waals surface area contributed by atoms with Crippen molar-refractivity contribution in [2.75, 3.05) is 37.2 Å². The highest BCUT2D eigenvalue weighted by Crippen LogP contribution is 2.38. The fraction of sp³-hybridized carbons (Fsp3) is 0.435. The van der Waals surface area contributed by atoms with Gasteiger partial charge in [0.05, 0.1) is 41.6 Å². The van der Waals surface area contributed by atoms with E-state index in [4.69, 9.17) is 0 Å². The summed E-state index contributed by atoms with van der Waals surface area (Å²) in [6, 6.07) is 3.86. The van der Waals surface area contributed by atoms with Crippen LogP contribution in [-0.2, 0) is 28.0 Å². The predicted molar refractivity (Wildman–Crippen MR) is 130 cm³/mol. The maximum absolute atomic E-state index is 13.6. The Balaban J connectivity index is 1.30. The number of aryl methyl sites for hydroxylation is 2. The zero-order valence-corrected chi connectivity index (χ0v) is 21.6. The first-order chi connectivity index (χ1) is 17.4. The zero-order chi connectivity index (χ0) is 26.6. The molecule has 3 aliphatic rings. The Morgan fingerprint density at radius 2 is 1.89 bits per heavy atom. The maximum atomic E-state index is 13.6. The Hall–Kier alpha value is -2.68. The average Bonchev–Trinajstić information content (AvgIpc) is 3.36. The number of thioether (sulfide) groups is 1. The number of halogens is 3.